The summed E-state index contributed by atoms with van der Waals surface area (Å²) in [5.41, 5.74) is 7.68. The number of hydrogen-bond acceptors (Lipinski definition) is 3. The van der Waals surface area contributed by atoms with Gasteiger partial charge in [-0.25, -0.2) is 0 Å². The highest BCUT2D eigenvalue weighted by molar-refractivity contribution is 7.80. The van der Waals surface area contributed by atoms with E-state index in [4.69, 9.17) is 5.73 Å². The van der Waals surface area contributed by atoms with E-state index in [1.54, 1.807) is 0 Å². The number of amides is 1. The van der Waals surface area contributed by atoms with Crippen molar-refractivity contribution in [3.8, 4) is 0 Å². The van der Waals surface area contributed by atoms with Crippen molar-refractivity contribution in [2.75, 3.05) is 5.75 Å². The number of hydrogen-bond donors (Lipinski definition) is 3. The lowest BCUT2D eigenvalue weighted by molar-refractivity contribution is -0.120. The second-order valence-corrected chi connectivity index (χ2v) is 3.72. The minimum atomic E-state index is 0.0307. The molecule has 82 valence electrons. The molecule has 0 aliphatic heterocycles. The van der Waals surface area contributed by atoms with Crippen molar-refractivity contribution < 1.29 is 4.79 Å². The summed E-state index contributed by atoms with van der Waals surface area (Å²) in [6.07, 6.45) is 0.458. The molecule has 0 heterocycles. The van der Waals surface area contributed by atoms with Crippen molar-refractivity contribution in [3.05, 3.63) is 35.4 Å². The second kappa shape index (κ2) is 6.48. The zero-order valence-corrected chi connectivity index (χ0v) is 9.47. The van der Waals surface area contributed by atoms with Gasteiger partial charge in [0, 0.05) is 19.5 Å². The smallest absolute Gasteiger partial charge is 0.221 e. The first-order valence-corrected chi connectivity index (χ1v) is 5.55. The molecule has 1 amide bonds. The minimum absolute atomic E-state index is 0.0307. The van der Waals surface area contributed by atoms with E-state index in [-0.39, 0.29) is 5.91 Å². The lowest BCUT2D eigenvalue weighted by Gasteiger charge is -2.05. The fourth-order valence-electron chi connectivity index (χ4n) is 1.26. The second-order valence-electron chi connectivity index (χ2n) is 3.27. The fourth-order valence-corrected chi connectivity index (χ4v) is 1.46. The first-order valence-electron chi connectivity index (χ1n) is 4.91. The summed E-state index contributed by atoms with van der Waals surface area (Å²) in [6, 6.07) is 7.89. The van der Waals surface area contributed by atoms with Crippen LogP contribution in [-0.4, -0.2) is 11.7 Å². The van der Waals surface area contributed by atoms with Crippen molar-refractivity contribution in [1.29, 1.82) is 0 Å². The topological polar surface area (TPSA) is 55.1 Å². The molecule has 1 aromatic carbocycles. The molecule has 0 radical (unpaired) electrons. The third-order valence-corrected chi connectivity index (χ3v) is 2.28. The Balaban J connectivity index is 2.46. The van der Waals surface area contributed by atoms with Gasteiger partial charge in [-0.3, -0.25) is 4.79 Å². The standard InChI is InChI=1S/C11H16N2OS/c12-7-9-2-1-3-10(6-9)8-13-11(14)4-5-15/h1-3,6,15H,4-5,7-8,12H2,(H,13,14). The molecule has 3 nitrogen and oxygen atoms in total. The number of thiol groups is 1. The van der Waals surface area contributed by atoms with Gasteiger partial charge in [0.25, 0.3) is 0 Å². The first kappa shape index (κ1) is 12.1. The molecule has 0 fully saturated rings. The van der Waals surface area contributed by atoms with E-state index in [2.05, 4.69) is 17.9 Å². The van der Waals surface area contributed by atoms with Gasteiger partial charge in [-0.1, -0.05) is 24.3 Å². The number of nitrogens with two attached hydrogens (primary N) is 1. The Labute approximate surface area is 95.5 Å². The fraction of sp³-hybridized carbons (Fsp3) is 0.364. The number of carbonyl (C=O) groups excluding carboxylic acids is 1. The van der Waals surface area contributed by atoms with Crippen LogP contribution in [0.2, 0.25) is 0 Å². The van der Waals surface area contributed by atoms with Crippen LogP contribution in [0.15, 0.2) is 24.3 Å². The van der Waals surface area contributed by atoms with Crippen molar-refractivity contribution in [2.24, 2.45) is 5.73 Å². The van der Waals surface area contributed by atoms with Crippen LogP contribution in [0, 0.1) is 0 Å². The Bertz CT molecular complexity index is 328. The molecule has 0 saturated heterocycles. The third-order valence-electron chi connectivity index (χ3n) is 2.06. The Morgan fingerprint density at radius 2 is 2.13 bits per heavy atom. The largest absolute Gasteiger partial charge is 0.352 e. The van der Waals surface area contributed by atoms with Crippen LogP contribution in [-0.2, 0) is 17.9 Å². The molecule has 0 aromatic heterocycles. The predicted molar refractivity (Wildman–Crippen MR) is 64.7 cm³/mol. The third kappa shape index (κ3) is 4.36. The molecule has 0 unspecified atom stereocenters. The lowest BCUT2D eigenvalue weighted by atomic mass is 10.1. The highest BCUT2D eigenvalue weighted by Gasteiger charge is 1.99. The van der Waals surface area contributed by atoms with Crippen LogP contribution in [0.25, 0.3) is 0 Å². The van der Waals surface area contributed by atoms with Crippen molar-refractivity contribution in [2.45, 2.75) is 19.5 Å². The Hall–Kier alpha value is -1.00. The van der Waals surface area contributed by atoms with Crippen LogP contribution in [0.3, 0.4) is 0 Å². The van der Waals surface area contributed by atoms with Gasteiger partial charge in [0.1, 0.15) is 0 Å². The maximum absolute atomic E-state index is 11.2. The maximum Gasteiger partial charge on any atom is 0.221 e. The van der Waals surface area contributed by atoms with E-state index < -0.39 is 0 Å². The molecular formula is C11H16N2OS. The van der Waals surface area contributed by atoms with E-state index in [9.17, 15) is 4.79 Å². The van der Waals surface area contributed by atoms with E-state index in [1.807, 2.05) is 24.3 Å². The first-order chi connectivity index (χ1) is 7.26. The van der Waals surface area contributed by atoms with Crippen molar-refractivity contribution in [3.63, 3.8) is 0 Å². The molecule has 0 saturated carbocycles. The minimum Gasteiger partial charge on any atom is -0.352 e. The van der Waals surface area contributed by atoms with Gasteiger partial charge in [-0.15, -0.1) is 0 Å². The average molecular weight is 224 g/mol. The van der Waals surface area contributed by atoms with Crippen molar-refractivity contribution >= 4 is 18.5 Å². The Morgan fingerprint density at radius 3 is 2.80 bits per heavy atom. The summed E-state index contributed by atoms with van der Waals surface area (Å²) in [6.45, 7) is 1.08. The van der Waals surface area contributed by atoms with Crippen molar-refractivity contribution in [1.82, 2.24) is 5.32 Å². The Morgan fingerprint density at radius 1 is 1.40 bits per heavy atom. The molecule has 0 spiro atoms. The molecule has 0 atom stereocenters. The number of carbonyl (C=O) groups is 1. The van der Waals surface area contributed by atoms with Gasteiger partial charge in [-0.2, -0.15) is 12.6 Å². The van der Waals surface area contributed by atoms with Crippen LogP contribution in [0.4, 0.5) is 0 Å². The summed E-state index contributed by atoms with van der Waals surface area (Å²) >= 11 is 3.99. The normalized spacial score (nSPS) is 10.0. The summed E-state index contributed by atoms with van der Waals surface area (Å²) in [5, 5.41) is 2.82. The van der Waals surface area contributed by atoms with E-state index in [0.717, 1.165) is 11.1 Å². The van der Waals surface area contributed by atoms with Gasteiger partial charge < -0.3 is 11.1 Å². The summed E-state index contributed by atoms with van der Waals surface area (Å²) in [4.78, 5) is 11.2. The zero-order valence-electron chi connectivity index (χ0n) is 8.57. The summed E-state index contributed by atoms with van der Waals surface area (Å²) in [5.74, 6) is 0.609. The maximum atomic E-state index is 11.2. The highest BCUT2D eigenvalue weighted by atomic mass is 32.1. The van der Waals surface area contributed by atoms with Gasteiger partial charge >= 0.3 is 0 Å². The van der Waals surface area contributed by atoms with Gasteiger partial charge in [0.2, 0.25) is 5.91 Å². The Kier molecular flexibility index (Phi) is 5.21. The summed E-state index contributed by atoms with van der Waals surface area (Å²) < 4.78 is 0. The monoisotopic (exact) mass is 224 g/mol. The molecule has 0 bridgehead atoms. The van der Waals surface area contributed by atoms with Crippen LogP contribution in [0.1, 0.15) is 17.5 Å². The number of benzene rings is 1. The molecule has 1 aromatic rings. The van der Waals surface area contributed by atoms with Gasteiger partial charge in [0.15, 0.2) is 0 Å². The molecular weight excluding hydrogens is 208 g/mol. The molecule has 3 N–H and O–H groups in total. The number of nitrogens with one attached hydrogen (secondary N) is 1. The molecule has 15 heavy (non-hydrogen) atoms. The molecule has 4 heteroatoms. The summed E-state index contributed by atoms with van der Waals surface area (Å²) in [7, 11) is 0. The number of rotatable bonds is 5. The molecule has 1 rings (SSSR count). The van der Waals surface area contributed by atoms with E-state index in [0.29, 0.717) is 25.3 Å². The van der Waals surface area contributed by atoms with Crippen LogP contribution >= 0.6 is 12.6 Å². The SMILES string of the molecule is NCc1cccc(CNC(=O)CCS)c1. The van der Waals surface area contributed by atoms with Gasteiger partial charge in [-0.05, 0) is 16.9 Å². The molecule has 0 aliphatic rings. The zero-order chi connectivity index (χ0) is 11.1. The average Bonchev–Trinajstić information content (AvgIpc) is 2.27. The highest BCUT2D eigenvalue weighted by Crippen LogP contribution is 2.04. The van der Waals surface area contributed by atoms with Crippen LogP contribution < -0.4 is 11.1 Å². The van der Waals surface area contributed by atoms with Crippen LogP contribution in [0.5, 0.6) is 0 Å². The van der Waals surface area contributed by atoms with E-state index >= 15 is 0 Å². The van der Waals surface area contributed by atoms with Gasteiger partial charge in [0.05, 0.1) is 0 Å². The lowest BCUT2D eigenvalue weighted by Crippen LogP contribution is -2.22. The predicted octanol–water partition coefficient (Wildman–Crippen LogP) is 1.08. The molecule has 0 aliphatic carbocycles. The van der Waals surface area contributed by atoms with E-state index in [1.165, 1.54) is 0 Å². The quantitative estimate of drug-likeness (QED) is 0.656.